The minimum Gasteiger partial charge on any atom is -0.340 e. The maximum absolute atomic E-state index is 13.8. The summed E-state index contributed by atoms with van der Waals surface area (Å²) in [4.78, 5) is 8.61. The molecule has 3 rings (SSSR count). The fourth-order valence-electron chi connectivity index (χ4n) is 2.45. The van der Waals surface area contributed by atoms with Gasteiger partial charge < -0.3 is 10.6 Å². The van der Waals surface area contributed by atoms with Crippen LogP contribution in [0.15, 0.2) is 42.5 Å². The molecule has 0 saturated carbocycles. The van der Waals surface area contributed by atoms with Crippen LogP contribution in [-0.2, 0) is 0 Å². The van der Waals surface area contributed by atoms with Gasteiger partial charge in [-0.3, -0.25) is 0 Å². The molecule has 0 fully saturated rings. The zero-order chi connectivity index (χ0) is 18.0. The van der Waals surface area contributed by atoms with E-state index in [0.29, 0.717) is 17.5 Å². The Kier molecular flexibility index (Phi) is 4.61. The Labute approximate surface area is 145 Å². The van der Waals surface area contributed by atoms with Crippen molar-refractivity contribution >= 4 is 23.0 Å². The summed E-state index contributed by atoms with van der Waals surface area (Å²) in [6, 6.07) is 11.0. The van der Waals surface area contributed by atoms with Crippen LogP contribution in [0, 0.1) is 32.4 Å². The molecule has 0 aliphatic rings. The van der Waals surface area contributed by atoms with Crippen LogP contribution in [0.2, 0.25) is 0 Å². The summed E-state index contributed by atoms with van der Waals surface area (Å²) < 4.78 is 26.8. The second-order valence-electron chi connectivity index (χ2n) is 5.81. The molecule has 0 aliphatic heterocycles. The van der Waals surface area contributed by atoms with E-state index in [4.69, 9.17) is 0 Å². The summed E-state index contributed by atoms with van der Waals surface area (Å²) in [6.45, 7) is 5.81. The van der Waals surface area contributed by atoms with Gasteiger partial charge in [-0.05, 0) is 50.1 Å². The number of benzene rings is 2. The quantitative estimate of drug-likeness (QED) is 0.688. The summed E-state index contributed by atoms with van der Waals surface area (Å²) in [7, 11) is 0. The normalized spacial score (nSPS) is 10.6. The molecule has 2 aromatic carbocycles. The van der Waals surface area contributed by atoms with E-state index in [-0.39, 0.29) is 5.69 Å². The van der Waals surface area contributed by atoms with E-state index in [2.05, 4.69) is 20.6 Å². The van der Waals surface area contributed by atoms with Gasteiger partial charge in [0.25, 0.3) is 0 Å². The molecule has 6 heteroatoms. The molecular weight excluding hydrogens is 322 g/mol. The Morgan fingerprint density at radius 3 is 2.16 bits per heavy atom. The van der Waals surface area contributed by atoms with E-state index in [1.807, 2.05) is 32.0 Å². The fraction of sp³-hybridized carbons (Fsp3) is 0.158. The van der Waals surface area contributed by atoms with Crippen LogP contribution >= 0.6 is 0 Å². The highest BCUT2D eigenvalue weighted by Gasteiger charge is 2.08. The molecule has 25 heavy (non-hydrogen) atoms. The topological polar surface area (TPSA) is 49.8 Å². The molecule has 128 valence electrons. The van der Waals surface area contributed by atoms with Gasteiger partial charge in [-0.2, -0.15) is 0 Å². The lowest BCUT2D eigenvalue weighted by Crippen LogP contribution is -2.03. The van der Waals surface area contributed by atoms with Crippen LogP contribution in [0.25, 0.3) is 0 Å². The van der Waals surface area contributed by atoms with Crippen molar-refractivity contribution in [3.8, 4) is 0 Å². The van der Waals surface area contributed by atoms with Gasteiger partial charge in [0.1, 0.15) is 29.1 Å². The highest BCUT2D eigenvalue weighted by atomic mass is 19.1. The molecule has 0 saturated heterocycles. The van der Waals surface area contributed by atoms with E-state index < -0.39 is 11.6 Å². The number of nitrogens with zero attached hydrogens (tertiary/aromatic N) is 2. The van der Waals surface area contributed by atoms with Gasteiger partial charge >= 0.3 is 0 Å². The predicted molar refractivity (Wildman–Crippen MR) is 95.6 cm³/mol. The second kappa shape index (κ2) is 6.84. The Balaban J connectivity index is 1.89. The first-order valence-corrected chi connectivity index (χ1v) is 7.83. The van der Waals surface area contributed by atoms with Gasteiger partial charge in [0.15, 0.2) is 0 Å². The smallest absolute Gasteiger partial charge is 0.149 e. The van der Waals surface area contributed by atoms with Crippen molar-refractivity contribution in [2.45, 2.75) is 20.8 Å². The zero-order valence-electron chi connectivity index (χ0n) is 14.2. The van der Waals surface area contributed by atoms with Crippen LogP contribution in [-0.4, -0.2) is 9.97 Å². The van der Waals surface area contributed by atoms with Crippen LogP contribution in [0.1, 0.15) is 17.0 Å². The molecular formula is C19H18F2N4. The van der Waals surface area contributed by atoms with Crippen molar-refractivity contribution in [2.75, 3.05) is 10.6 Å². The Bertz CT molecular complexity index is 925. The number of halogens is 2. The van der Waals surface area contributed by atoms with Crippen molar-refractivity contribution in [1.29, 1.82) is 0 Å². The monoisotopic (exact) mass is 340 g/mol. The average molecular weight is 340 g/mol. The molecule has 0 radical (unpaired) electrons. The molecule has 2 N–H and O–H groups in total. The number of nitrogens with one attached hydrogen (secondary N) is 2. The number of hydrogen-bond donors (Lipinski definition) is 2. The summed E-state index contributed by atoms with van der Waals surface area (Å²) in [5.41, 5.74) is 3.38. The highest BCUT2D eigenvalue weighted by Crippen LogP contribution is 2.25. The number of aromatic nitrogens is 2. The average Bonchev–Trinajstić information content (AvgIpc) is 2.54. The largest absolute Gasteiger partial charge is 0.340 e. The number of hydrogen-bond acceptors (Lipinski definition) is 4. The Morgan fingerprint density at radius 1 is 0.800 bits per heavy atom. The molecule has 3 aromatic rings. The maximum atomic E-state index is 13.8. The van der Waals surface area contributed by atoms with E-state index in [0.717, 1.165) is 17.3 Å². The third-order valence-electron chi connectivity index (χ3n) is 3.90. The van der Waals surface area contributed by atoms with Crippen molar-refractivity contribution < 1.29 is 8.78 Å². The first-order chi connectivity index (χ1) is 11.9. The maximum Gasteiger partial charge on any atom is 0.149 e. The molecule has 0 atom stereocenters. The van der Waals surface area contributed by atoms with Crippen LogP contribution in [0.5, 0.6) is 0 Å². The Hall–Kier alpha value is -3.02. The summed E-state index contributed by atoms with van der Waals surface area (Å²) in [5.74, 6) is 0.233. The standard InChI is InChI=1S/C19H18F2N4/c1-11-5-4-6-16(12(11)2)24-18-10-19(23-13(3)22-18)25-17-8-7-14(20)9-15(17)21/h4-10H,1-3H3,(H2,22,23,24,25). The lowest BCUT2D eigenvalue weighted by molar-refractivity contribution is 0.586. The SMILES string of the molecule is Cc1nc(Nc2ccc(F)cc2F)cc(Nc2cccc(C)c2C)n1. The van der Waals surface area contributed by atoms with E-state index >= 15 is 0 Å². The predicted octanol–water partition coefficient (Wildman–Crippen LogP) is 5.17. The van der Waals surface area contributed by atoms with Gasteiger partial charge in [0.2, 0.25) is 0 Å². The van der Waals surface area contributed by atoms with Gasteiger partial charge in [-0.15, -0.1) is 0 Å². The lowest BCUT2D eigenvalue weighted by atomic mass is 10.1. The fourth-order valence-corrected chi connectivity index (χ4v) is 2.45. The molecule has 0 unspecified atom stereocenters. The van der Waals surface area contributed by atoms with Crippen LogP contribution in [0.4, 0.5) is 31.8 Å². The summed E-state index contributed by atoms with van der Waals surface area (Å²) in [5, 5.41) is 6.12. The number of rotatable bonds is 4. The minimum atomic E-state index is -0.680. The molecule has 0 amide bonds. The third kappa shape index (κ3) is 3.91. The van der Waals surface area contributed by atoms with Gasteiger partial charge in [-0.1, -0.05) is 12.1 Å². The van der Waals surface area contributed by atoms with Crippen molar-refractivity contribution in [3.05, 3.63) is 71.1 Å². The third-order valence-corrected chi connectivity index (χ3v) is 3.90. The summed E-state index contributed by atoms with van der Waals surface area (Å²) in [6.07, 6.45) is 0. The van der Waals surface area contributed by atoms with Crippen molar-refractivity contribution in [2.24, 2.45) is 0 Å². The lowest BCUT2D eigenvalue weighted by Gasteiger charge is -2.13. The second-order valence-corrected chi connectivity index (χ2v) is 5.81. The molecule has 4 nitrogen and oxygen atoms in total. The Morgan fingerprint density at radius 2 is 1.48 bits per heavy atom. The van der Waals surface area contributed by atoms with Crippen LogP contribution in [0.3, 0.4) is 0 Å². The van der Waals surface area contributed by atoms with Crippen molar-refractivity contribution in [1.82, 2.24) is 9.97 Å². The molecule has 1 heterocycles. The van der Waals surface area contributed by atoms with Crippen LogP contribution < -0.4 is 10.6 Å². The highest BCUT2D eigenvalue weighted by molar-refractivity contribution is 5.66. The van der Waals surface area contributed by atoms with E-state index in [9.17, 15) is 8.78 Å². The van der Waals surface area contributed by atoms with Gasteiger partial charge in [0, 0.05) is 17.8 Å². The van der Waals surface area contributed by atoms with Gasteiger partial charge in [-0.25, -0.2) is 18.7 Å². The number of anilines is 4. The first kappa shape index (κ1) is 16.8. The summed E-state index contributed by atoms with van der Waals surface area (Å²) >= 11 is 0. The molecule has 0 bridgehead atoms. The molecule has 0 spiro atoms. The number of aryl methyl sites for hydroxylation is 2. The molecule has 1 aromatic heterocycles. The minimum absolute atomic E-state index is 0.150. The van der Waals surface area contributed by atoms with Gasteiger partial charge in [0.05, 0.1) is 5.69 Å². The first-order valence-electron chi connectivity index (χ1n) is 7.83. The zero-order valence-corrected chi connectivity index (χ0v) is 14.2. The van der Waals surface area contributed by atoms with Crippen molar-refractivity contribution in [3.63, 3.8) is 0 Å². The van der Waals surface area contributed by atoms with E-state index in [1.165, 1.54) is 17.7 Å². The molecule has 0 aliphatic carbocycles. The van der Waals surface area contributed by atoms with E-state index in [1.54, 1.807) is 13.0 Å².